The van der Waals surface area contributed by atoms with Crippen LogP contribution in [0.1, 0.15) is 19.3 Å². The molecule has 2 unspecified atom stereocenters. The molecule has 6 nitrogen and oxygen atoms in total. The van der Waals surface area contributed by atoms with Crippen LogP contribution in [0.4, 0.5) is 0 Å². The summed E-state index contributed by atoms with van der Waals surface area (Å²) in [6, 6.07) is 7.06. The number of nitrogens with one attached hydrogen (secondary N) is 1. The Morgan fingerprint density at radius 3 is 2.95 bits per heavy atom. The number of nitrogens with zero attached hydrogens (tertiary/aromatic N) is 2. The van der Waals surface area contributed by atoms with Crippen molar-refractivity contribution in [1.29, 1.82) is 0 Å². The average molecular weight is 301 g/mol. The van der Waals surface area contributed by atoms with Crippen LogP contribution in [0.15, 0.2) is 35.4 Å². The fourth-order valence-corrected chi connectivity index (χ4v) is 2.93. The lowest BCUT2D eigenvalue weighted by atomic mass is 10.1. The molecule has 1 aromatic carbocycles. The van der Waals surface area contributed by atoms with Gasteiger partial charge >= 0.3 is 0 Å². The van der Waals surface area contributed by atoms with Crippen molar-refractivity contribution in [3.8, 4) is 0 Å². The molecule has 1 amide bonds. The summed E-state index contributed by atoms with van der Waals surface area (Å²) in [5, 5.41) is 13.0. The topological polar surface area (TPSA) is 84.2 Å². The van der Waals surface area contributed by atoms with E-state index in [1.54, 1.807) is 18.2 Å². The molecule has 1 fully saturated rings. The van der Waals surface area contributed by atoms with Crippen LogP contribution >= 0.6 is 0 Å². The summed E-state index contributed by atoms with van der Waals surface area (Å²) < 4.78 is 1.31. The molecular formula is C16H19N3O3. The van der Waals surface area contributed by atoms with E-state index in [4.69, 9.17) is 0 Å². The highest BCUT2D eigenvalue weighted by molar-refractivity contribution is 5.78. The Bertz CT molecular complexity index is 741. The third kappa shape index (κ3) is 3.01. The smallest absolute Gasteiger partial charge is 0.261 e. The number of hydrogen-bond acceptors (Lipinski definition) is 4. The second-order valence-electron chi connectivity index (χ2n) is 5.76. The zero-order valence-electron chi connectivity index (χ0n) is 12.2. The molecule has 2 atom stereocenters. The normalized spacial score (nSPS) is 21.1. The first kappa shape index (κ1) is 14.7. The van der Waals surface area contributed by atoms with Crippen molar-refractivity contribution in [2.24, 2.45) is 5.92 Å². The highest BCUT2D eigenvalue weighted by Gasteiger charge is 2.25. The van der Waals surface area contributed by atoms with Crippen LogP contribution in [0, 0.1) is 5.92 Å². The SMILES string of the molecule is O=C(Cn1cnc2ccccc2c1=O)NCC1CCCC1O. The number of para-hydroxylation sites is 1. The highest BCUT2D eigenvalue weighted by atomic mass is 16.3. The van der Waals surface area contributed by atoms with E-state index in [1.807, 2.05) is 6.07 Å². The Kier molecular flexibility index (Phi) is 4.20. The van der Waals surface area contributed by atoms with Gasteiger partial charge in [0.2, 0.25) is 5.91 Å². The first-order chi connectivity index (χ1) is 10.6. The molecule has 0 saturated heterocycles. The molecule has 0 bridgehead atoms. The van der Waals surface area contributed by atoms with Gasteiger partial charge in [-0.25, -0.2) is 4.98 Å². The van der Waals surface area contributed by atoms with Crippen LogP contribution in [0.2, 0.25) is 0 Å². The largest absolute Gasteiger partial charge is 0.393 e. The van der Waals surface area contributed by atoms with Crippen molar-refractivity contribution in [2.45, 2.75) is 31.9 Å². The van der Waals surface area contributed by atoms with Gasteiger partial charge < -0.3 is 10.4 Å². The van der Waals surface area contributed by atoms with Gasteiger partial charge in [-0.15, -0.1) is 0 Å². The van der Waals surface area contributed by atoms with Crippen molar-refractivity contribution >= 4 is 16.8 Å². The molecule has 6 heteroatoms. The van der Waals surface area contributed by atoms with E-state index < -0.39 is 0 Å². The fourth-order valence-electron chi connectivity index (χ4n) is 2.93. The number of benzene rings is 1. The van der Waals surface area contributed by atoms with Crippen molar-refractivity contribution in [3.63, 3.8) is 0 Å². The van der Waals surface area contributed by atoms with Crippen LogP contribution in [0.5, 0.6) is 0 Å². The Balaban J connectivity index is 1.66. The third-order valence-corrected chi connectivity index (χ3v) is 4.23. The molecule has 1 aromatic heterocycles. The number of hydrogen-bond donors (Lipinski definition) is 2. The maximum atomic E-state index is 12.3. The molecule has 1 aliphatic rings. The summed E-state index contributed by atoms with van der Waals surface area (Å²) >= 11 is 0. The average Bonchev–Trinajstić information content (AvgIpc) is 2.93. The Hall–Kier alpha value is -2.21. The minimum atomic E-state index is -0.328. The van der Waals surface area contributed by atoms with Crippen molar-refractivity contribution in [2.75, 3.05) is 6.54 Å². The zero-order chi connectivity index (χ0) is 15.5. The quantitative estimate of drug-likeness (QED) is 0.869. The monoisotopic (exact) mass is 301 g/mol. The number of aliphatic hydroxyl groups is 1. The molecular weight excluding hydrogens is 282 g/mol. The second-order valence-corrected chi connectivity index (χ2v) is 5.76. The van der Waals surface area contributed by atoms with E-state index in [0.29, 0.717) is 17.4 Å². The molecule has 2 aromatic rings. The minimum Gasteiger partial charge on any atom is -0.393 e. The van der Waals surface area contributed by atoms with Gasteiger partial charge in [-0.3, -0.25) is 14.2 Å². The maximum absolute atomic E-state index is 12.3. The number of aliphatic hydroxyl groups excluding tert-OH is 1. The molecule has 1 saturated carbocycles. The third-order valence-electron chi connectivity index (χ3n) is 4.23. The van der Waals surface area contributed by atoms with E-state index in [2.05, 4.69) is 10.3 Å². The van der Waals surface area contributed by atoms with Gasteiger partial charge in [0.05, 0.1) is 23.3 Å². The van der Waals surface area contributed by atoms with Gasteiger partial charge in [-0.2, -0.15) is 0 Å². The maximum Gasteiger partial charge on any atom is 0.261 e. The van der Waals surface area contributed by atoms with E-state index in [0.717, 1.165) is 19.3 Å². The lowest BCUT2D eigenvalue weighted by Gasteiger charge is -2.15. The molecule has 3 rings (SSSR count). The Morgan fingerprint density at radius 1 is 1.36 bits per heavy atom. The summed E-state index contributed by atoms with van der Waals surface area (Å²) in [4.78, 5) is 28.5. The van der Waals surface area contributed by atoms with Gasteiger partial charge in [-0.05, 0) is 25.0 Å². The number of amides is 1. The van der Waals surface area contributed by atoms with E-state index in [-0.39, 0.29) is 30.0 Å². The predicted octanol–water partition coefficient (Wildman–Crippen LogP) is 0.674. The van der Waals surface area contributed by atoms with Crippen molar-refractivity contribution in [3.05, 3.63) is 40.9 Å². The summed E-state index contributed by atoms with van der Waals surface area (Å²) in [6.45, 7) is 0.398. The first-order valence-electron chi connectivity index (χ1n) is 7.54. The van der Waals surface area contributed by atoms with E-state index in [9.17, 15) is 14.7 Å². The van der Waals surface area contributed by atoms with Crippen LogP contribution < -0.4 is 10.9 Å². The molecule has 1 aliphatic carbocycles. The number of rotatable bonds is 4. The number of carbonyl (C=O) groups excluding carboxylic acids is 1. The predicted molar refractivity (Wildman–Crippen MR) is 82.4 cm³/mol. The number of carbonyl (C=O) groups is 1. The zero-order valence-corrected chi connectivity index (χ0v) is 12.2. The van der Waals surface area contributed by atoms with Crippen molar-refractivity contribution in [1.82, 2.24) is 14.9 Å². The molecule has 116 valence electrons. The lowest BCUT2D eigenvalue weighted by molar-refractivity contribution is -0.122. The van der Waals surface area contributed by atoms with Crippen LogP contribution in [0.3, 0.4) is 0 Å². The number of aromatic nitrogens is 2. The Morgan fingerprint density at radius 2 is 2.18 bits per heavy atom. The Labute approximate surface area is 127 Å². The standard InChI is InChI=1S/C16H19N3O3/c20-14-7-3-4-11(14)8-17-15(21)9-19-10-18-13-6-2-1-5-12(13)16(19)22/h1-2,5-6,10-11,14,20H,3-4,7-9H2,(H,17,21). The molecule has 2 N–H and O–H groups in total. The summed E-state index contributed by atoms with van der Waals surface area (Å²) in [5.74, 6) is -0.117. The van der Waals surface area contributed by atoms with E-state index >= 15 is 0 Å². The van der Waals surface area contributed by atoms with Gasteiger partial charge in [0, 0.05) is 12.5 Å². The van der Waals surface area contributed by atoms with Gasteiger partial charge in [-0.1, -0.05) is 18.6 Å². The van der Waals surface area contributed by atoms with Crippen LogP contribution in [-0.4, -0.2) is 33.2 Å². The molecule has 0 aliphatic heterocycles. The molecule has 1 heterocycles. The van der Waals surface area contributed by atoms with Crippen LogP contribution in [0.25, 0.3) is 10.9 Å². The lowest BCUT2D eigenvalue weighted by Crippen LogP contribution is -2.36. The van der Waals surface area contributed by atoms with Crippen molar-refractivity contribution < 1.29 is 9.90 Å². The molecule has 0 radical (unpaired) electrons. The van der Waals surface area contributed by atoms with Gasteiger partial charge in [0.15, 0.2) is 0 Å². The fraction of sp³-hybridized carbons (Fsp3) is 0.438. The van der Waals surface area contributed by atoms with Crippen LogP contribution in [-0.2, 0) is 11.3 Å². The second kappa shape index (κ2) is 6.27. The summed E-state index contributed by atoms with van der Waals surface area (Å²) in [7, 11) is 0. The molecule has 0 spiro atoms. The van der Waals surface area contributed by atoms with Gasteiger partial charge in [0.25, 0.3) is 5.56 Å². The highest BCUT2D eigenvalue weighted by Crippen LogP contribution is 2.24. The van der Waals surface area contributed by atoms with E-state index in [1.165, 1.54) is 10.9 Å². The minimum absolute atomic E-state index is 0.0561. The number of fused-ring (bicyclic) bond motifs is 1. The summed E-state index contributed by atoms with van der Waals surface area (Å²) in [5.41, 5.74) is 0.403. The summed E-state index contributed by atoms with van der Waals surface area (Å²) in [6.07, 6.45) is 3.79. The van der Waals surface area contributed by atoms with Gasteiger partial charge in [0.1, 0.15) is 6.54 Å². The molecule has 22 heavy (non-hydrogen) atoms. The first-order valence-corrected chi connectivity index (χ1v) is 7.54.